The summed E-state index contributed by atoms with van der Waals surface area (Å²) in [7, 11) is 0. The van der Waals surface area contributed by atoms with Gasteiger partial charge in [-0.2, -0.15) is 13.2 Å². The number of anilines is 1. The summed E-state index contributed by atoms with van der Waals surface area (Å²) >= 11 is 5.19. The molecule has 0 unspecified atom stereocenters. The maximum atomic E-state index is 12.5. The fourth-order valence-corrected chi connectivity index (χ4v) is 2.18. The van der Waals surface area contributed by atoms with Gasteiger partial charge in [-0.05, 0) is 67.0 Å². The van der Waals surface area contributed by atoms with Gasteiger partial charge in [0.05, 0.1) is 5.56 Å². The summed E-state index contributed by atoms with van der Waals surface area (Å²) < 4.78 is 37.5. The number of hydrogen-bond donors (Lipinski definition) is 2. The smallest absolute Gasteiger partial charge is 0.358 e. The van der Waals surface area contributed by atoms with E-state index in [1.54, 1.807) is 0 Å². The number of rotatable bonds is 3. The van der Waals surface area contributed by atoms with Gasteiger partial charge in [0.2, 0.25) is 0 Å². The molecule has 6 heteroatoms. The highest BCUT2D eigenvalue weighted by molar-refractivity contribution is 7.80. The predicted octanol–water partition coefficient (Wildman–Crippen LogP) is 4.81. The molecule has 2 aromatic carbocycles. The summed E-state index contributed by atoms with van der Waals surface area (Å²) in [6.45, 7) is 4.40. The van der Waals surface area contributed by atoms with Crippen molar-refractivity contribution in [3.63, 3.8) is 0 Å². The molecule has 0 heterocycles. The van der Waals surface area contributed by atoms with Gasteiger partial charge in [0.1, 0.15) is 0 Å². The topological polar surface area (TPSA) is 24.1 Å². The Kier molecular flexibility index (Phi) is 5.26. The van der Waals surface area contributed by atoms with Crippen LogP contribution in [0.5, 0.6) is 0 Å². The van der Waals surface area contributed by atoms with Crippen LogP contribution in [-0.4, -0.2) is 5.11 Å². The van der Waals surface area contributed by atoms with Crippen LogP contribution in [0, 0.1) is 13.8 Å². The Bertz CT molecular complexity index is 694. The second-order valence-corrected chi connectivity index (χ2v) is 5.71. The average molecular weight is 338 g/mol. The van der Waals surface area contributed by atoms with Crippen molar-refractivity contribution in [3.8, 4) is 0 Å². The number of benzene rings is 2. The largest absolute Gasteiger partial charge is 0.416 e. The number of thiocarbonyl (C=S) groups is 1. The van der Waals surface area contributed by atoms with Crippen molar-refractivity contribution < 1.29 is 13.2 Å². The van der Waals surface area contributed by atoms with Gasteiger partial charge in [0.25, 0.3) is 0 Å². The summed E-state index contributed by atoms with van der Waals surface area (Å²) in [5, 5.41) is 6.46. The van der Waals surface area contributed by atoms with Gasteiger partial charge in [-0.1, -0.05) is 18.2 Å². The van der Waals surface area contributed by atoms with Gasteiger partial charge < -0.3 is 10.6 Å². The molecule has 2 N–H and O–H groups in total. The summed E-state index contributed by atoms with van der Waals surface area (Å²) in [4.78, 5) is 0. The van der Waals surface area contributed by atoms with Crippen LogP contribution in [-0.2, 0) is 12.7 Å². The Morgan fingerprint density at radius 1 is 1.00 bits per heavy atom. The van der Waals surface area contributed by atoms with E-state index in [2.05, 4.69) is 10.6 Å². The molecule has 2 rings (SSSR count). The van der Waals surface area contributed by atoms with Crippen molar-refractivity contribution in [2.45, 2.75) is 26.6 Å². The molecule has 0 atom stereocenters. The third kappa shape index (κ3) is 4.96. The molecule has 0 aliphatic rings. The zero-order valence-corrected chi connectivity index (χ0v) is 13.6. The quantitative estimate of drug-likeness (QED) is 0.786. The Hall–Kier alpha value is -2.08. The summed E-state index contributed by atoms with van der Waals surface area (Å²) in [6.07, 6.45) is -4.31. The zero-order chi connectivity index (χ0) is 17.0. The van der Waals surface area contributed by atoms with Gasteiger partial charge in [0.15, 0.2) is 5.11 Å². The number of nitrogens with one attached hydrogen (secondary N) is 2. The van der Waals surface area contributed by atoms with E-state index in [0.717, 1.165) is 28.9 Å². The normalized spacial score (nSPS) is 11.2. The number of alkyl halides is 3. The van der Waals surface area contributed by atoms with Crippen molar-refractivity contribution in [1.29, 1.82) is 0 Å². The molecule has 0 aromatic heterocycles. The maximum absolute atomic E-state index is 12.5. The molecule has 23 heavy (non-hydrogen) atoms. The molecule has 2 nitrogen and oxygen atoms in total. The van der Waals surface area contributed by atoms with Gasteiger partial charge in [-0.3, -0.25) is 0 Å². The van der Waals surface area contributed by atoms with Crippen molar-refractivity contribution in [1.82, 2.24) is 5.32 Å². The SMILES string of the molecule is Cc1ccc(NC(=S)NCc2ccc(C(F)(F)F)cc2)cc1C. The lowest BCUT2D eigenvalue weighted by atomic mass is 10.1. The van der Waals surface area contributed by atoms with Gasteiger partial charge >= 0.3 is 6.18 Å². The Balaban J connectivity index is 1.90. The lowest BCUT2D eigenvalue weighted by Crippen LogP contribution is -2.27. The van der Waals surface area contributed by atoms with E-state index in [0.29, 0.717) is 11.7 Å². The highest BCUT2D eigenvalue weighted by Crippen LogP contribution is 2.29. The molecule has 0 fully saturated rings. The molecule has 0 bridgehead atoms. The third-order valence-electron chi connectivity index (χ3n) is 3.50. The number of halogens is 3. The number of aryl methyl sites for hydroxylation is 2. The first-order valence-corrected chi connectivity index (χ1v) is 7.45. The lowest BCUT2D eigenvalue weighted by molar-refractivity contribution is -0.137. The molecule has 122 valence electrons. The summed E-state index contributed by atoms with van der Waals surface area (Å²) in [5.41, 5.74) is 3.29. The van der Waals surface area contributed by atoms with Crippen LogP contribution in [0.25, 0.3) is 0 Å². The Labute approximate surface area is 138 Å². The van der Waals surface area contributed by atoms with E-state index in [1.807, 2.05) is 32.0 Å². The fraction of sp³-hybridized carbons (Fsp3) is 0.235. The first-order valence-electron chi connectivity index (χ1n) is 7.04. The minimum absolute atomic E-state index is 0.356. The molecular formula is C17H17F3N2S. The van der Waals surface area contributed by atoms with Gasteiger partial charge in [-0.15, -0.1) is 0 Å². The molecule has 0 amide bonds. The molecule has 0 aliphatic heterocycles. The minimum atomic E-state index is -4.31. The van der Waals surface area contributed by atoms with Crippen LogP contribution < -0.4 is 10.6 Å². The minimum Gasteiger partial charge on any atom is -0.358 e. The molecule has 0 radical (unpaired) electrons. The Morgan fingerprint density at radius 2 is 1.65 bits per heavy atom. The first kappa shape index (κ1) is 17.3. The molecule has 0 aliphatic carbocycles. The van der Waals surface area contributed by atoms with E-state index in [9.17, 15) is 13.2 Å². The monoisotopic (exact) mass is 338 g/mol. The van der Waals surface area contributed by atoms with Crippen molar-refractivity contribution in [2.24, 2.45) is 0 Å². The van der Waals surface area contributed by atoms with Crippen molar-refractivity contribution >= 4 is 23.0 Å². The van der Waals surface area contributed by atoms with E-state index in [1.165, 1.54) is 17.7 Å². The maximum Gasteiger partial charge on any atom is 0.416 e. The van der Waals surface area contributed by atoms with Crippen LogP contribution in [0.1, 0.15) is 22.3 Å². The predicted molar refractivity (Wildman–Crippen MR) is 90.4 cm³/mol. The standard InChI is InChI=1S/C17H17F3N2S/c1-11-3-8-15(9-12(11)2)22-16(23)21-10-13-4-6-14(7-5-13)17(18,19)20/h3-9H,10H2,1-2H3,(H2,21,22,23). The second-order valence-electron chi connectivity index (χ2n) is 5.30. The first-order chi connectivity index (χ1) is 10.8. The second kappa shape index (κ2) is 7.00. The summed E-state index contributed by atoms with van der Waals surface area (Å²) in [5.74, 6) is 0. The molecule has 2 aromatic rings. The van der Waals surface area contributed by atoms with E-state index in [-0.39, 0.29) is 0 Å². The lowest BCUT2D eigenvalue weighted by Gasteiger charge is -2.12. The van der Waals surface area contributed by atoms with Crippen molar-refractivity contribution in [3.05, 3.63) is 64.7 Å². The molecule has 0 saturated heterocycles. The average Bonchev–Trinajstić information content (AvgIpc) is 2.48. The highest BCUT2D eigenvalue weighted by Gasteiger charge is 2.29. The van der Waals surface area contributed by atoms with Crippen LogP contribution in [0.15, 0.2) is 42.5 Å². The van der Waals surface area contributed by atoms with Gasteiger partial charge in [0, 0.05) is 12.2 Å². The van der Waals surface area contributed by atoms with Crippen LogP contribution in [0.4, 0.5) is 18.9 Å². The molecule has 0 saturated carbocycles. The van der Waals surface area contributed by atoms with E-state index < -0.39 is 11.7 Å². The number of hydrogen-bond acceptors (Lipinski definition) is 1. The van der Waals surface area contributed by atoms with Crippen LogP contribution in [0.3, 0.4) is 0 Å². The Morgan fingerprint density at radius 3 is 2.22 bits per heavy atom. The van der Waals surface area contributed by atoms with Crippen LogP contribution in [0.2, 0.25) is 0 Å². The zero-order valence-electron chi connectivity index (χ0n) is 12.8. The van der Waals surface area contributed by atoms with Crippen molar-refractivity contribution in [2.75, 3.05) is 5.32 Å². The molecule has 0 spiro atoms. The third-order valence-corrected chi connectivity index (χ3v) is 3.75. The van der Waals surface area contributed by atoms with Gasteiger partial charge in [-0.25, -0.2) is 0 Å². The molecular weight excluding hydrogens is 321 g/mol. The highest BCUT2D eigenvalue weighted by atomic mass is 32.1. The van der Waals surface area contributed by atoms with E-state index in [4.69, 9.17) is 12.2 Å². The van der Waals surface area contributed by atoms with E-state index >= 15 is 0 Å². The van der Waals surface area contributed by atoms with Crippen LogP contribution >= 0.6 is 12.2 Å². The fourth-order valence-electron chi connectivity index (χ4n) is 1.99. The summed E-state index contributed by atoms with van der Waals surface area (Å²) in [6, 6.07) is 10.9.